The molecule has 2 rings (SSSR count). The molecule has 4 nitrogen and oxygen atoms in total. The number of carbonyl (C=O) groups excluding carboxylic acids is 1. The number of benzene rings is 1. The van der Waals surface area contributed by atoms with Gasteiger partial charge in [0.2, 0.25) is 5.91 Å². The van der Waals surface area contributed by atoms with Gasteiger partial charge in [-0.05, 0) is 18.6 Å². The van der Waals surface area contributed by atoms with E-state index in [0.29, 0.717) is 19.0 Å². The lowest BCUT2D eigenvalue weighted by Crippen LogP contribution is -2.28. The number of anilines is 1. The summed E-state index contributed by atoms with van der Waals surface area (Å²) < 4.78 is 11.0. The third kappa shape index (κ3) is 2.31. The number of carbonyl (C=O) groups is 1. The number of ether oxygens (including phenoxy) is 2. The summed E-state index contributed by atoms with van der Waals surface area (Å²) in [6.07, 6.45) is 0. The van der Waals surface area contributed by atoms with Crippen LogP contribution in [0.1, 0.15) is 5.56 Å². The van der Waals surface area contributed by atoms with Gasteiger partial charge in [0.1, 0.15) is 19.1 Å². The van der Waals surface area contributed by atoms with Crippen LogP contribution in [0.25, 0.3) is 0 Å². The Kier molecular flexibility index (Phi) is 3.43. The van der Waals surface area contributed by atoms with Crippen molar-refractivity contribution in [2.45, 2.75) is 6.92 Å². The number of aryl methyl sites for hydroxylation is 1. The van der Waals surface area contributed by atoms with Gasteiger partial charge in [-0.3, -0.25) is 4.79 Å². The van der Waals surface area contributed by atoms with Gasteiger partial charge in [0.25, 0.3) is 0 Å². The highest BCUT2D eigenvalue weighted by Crippen LogP contribution is 2.36. The molecule has 0 bridgehead atoms. The maximum Gasteiger partial charge on any atom is 0.241 e. The number of amides is 1. The van der Waals surface area contributed by atoms with Crippen LogP contribution in [0, 0.1) is 6.92 Å². The summed E-state index contributed by atoms with van der Waals surface area (Å²) in [5.74, 6) is 1.21. The molecular formula is C12H14ClNO3. The van der Waals surface area contributed by atoms with Gasteiger partial charge >= 0.3 is 0 Å². The van der Waals surface area contributed by atoms with Crippen LogP contribution in [0.15, 0.2) is 12.1 Å². The molecule has 1 heterocycles. The Morgan fingerprint density at radius 2 is 1.94 bits per heavy atom. The van der Waals surface area contributed by atoms with Crippen molar-refractivity contribution in [2.75, 3.05) is 31.0 Å². The SMILES string of the molecule is Cc1cc2c(cc1N(C)C(=O)CCl)OCCO2. The zero-order valence-electron chi connectivity index (χ0n) is 9.83. The molecule has 17 heavy (non-hydrogen) atoms. The normalized spacial score (nSPS) is 13.4. The molecule has 0 saturated carbocycles. The highest BCUT2D eigenvalue weighted by Gasteiger charge is 2.18. The molecule has 5 heteroatoms. The molecular weight excluding hydrogens is 242 g/mol. The van der Waals surface area contributed by atoms with E-state index < -0.39 is 0 Å². The molecule has 0 spiro atoms. The average Bonchev–Trinajstić information content (AvgIpc) is 2.36. The maximum absolute atomic E-state index is 11.6. The number of alkyl halides is 1. The van der Waals surface area contributed by atoms with E-state index in [2.05, 4.69) is 0 Å². The van der Waals surface area contributed by atoms with Crippen molar-refractivity contribution in [3.05, 3.63) is 17.7 Å². The first-order chi connectivity index (χ1) is 8.13. The van der Waals surface area contributed by atoms with Gasteiger partial charge in [-0.2, -0.15) is 0 Å². The lowest BCUT2D eigenvalue weighted by molar-refractivity contribution is -0.116. The van der Waals surface area contributed by atoms with Crippen molar-refractivity contribution >= 4 is 23.2 Å². The number of nitrogens with zero attached hydrogens (tertiary/aromatic N) is 1. The zero-order valence-corrected chi connectivity index (χ0v) is 10.6. The molecule has 1 aliphatic rings. The van der Waals surface area contributed by atoms with Crippen molar-refractivity contribution in [1.29, 1.82) is 0 Å². The van der Waals surface area contributed by atoms with Crippen LogP contribution in [-0.4, -0.2) is 32.0 Å². The lowest BCUT2D eigenvalue weighted by atomic mass is 10.1. The molecule has 1 amide bonds. The predicted molar refractivity (Wildman–Crippen MR) is 66.3 cm³/mol. The number of rotatable bonds is 2. The number of halogens is 1. The van der Waals surface area contributed by atoms with E-state index in [0.717, 1.165) is 17.0 Å². The largest absolute Gasteiger partial charge is 0.486 e. The number of hydrogen-bond donors (Lipinski definition) is 0. The van der Waals surface area contributed by atoms with E-state index in [1.54, 1.807) is 7.05 Å². The first-order valence-corrected chi connectivity index (χ1v) is 5.89. The van der Waals surface area contributed by atoms with E-state index in [1.165, 1.54) is 4.90 Å². The standard InChI is InChI=1S/C12H14ClNO3/c1-8-5-10-11(17-4-3-16-10)6-9(8)14(2)12(15)7-13/h5-6H,3-4,7H2,1-2H3. The molecule has 0 aromatic heterocycles. The molecule has 0 atom stereocenters. The minimum Gasteiger partial charge on any atom is -0.486 e. The van der Waals surface area contributed by atoms with E-state index in [-0.39, 0.29) is 11.8 Å². The molecule has 92 valence electrons. The average molecular weight is 256 g/mol. The van der Waals surface area contributed by atoms with Crippen LogP contribution in [0.3, 0.4) is 0 Å². The lowest BCUT2D eigenvalue weighted by Gasteiger charge is -2.24. The third-order valence-corrected chi connectivity index (χ3v) is 2.94. The van der Waals surface area contributed by atoms with Crippen molar-refractivity contribution in [1.82, 2.24) is 0 Å². The maximum atomic E-state index is 11.6. The van der Waals surface area contributed by atoms with Gasteiger partial charge in [-0.25, -0.2) is 0 Å². The molecule has 0 aliphatic carbocycles. The van der Waals surface area contributed by atoms with E-state index in [9.17, 15) is 4.79 Å². The Hall–Kier alpha value is -1.42. The van der Waals surface area contributed by atoms with Crippen LogP contribution < -0.4 is 14.4 Å². The van der Waals surface area contributed by atoms with Crippen LogP contribution >= 0.6 is 11.6 Å². The fourth-order valence-electron chi connectivity index (χ4n) is 1.77. The second-order valence-corrected chi connectivity index (χ2v) is 4.14. The molecule has 0 N–H and O–H groups in total. The van der Waals surface area contributed by atoms with Gasteiger partial charge in [0, 0.05) is 13.1 Å². The van der Waals surface area contributed by atoms with E-state index in [4.69, 9.17) is 21.1 Å². The first kappa shape index (κ1) is 12.0. The monoisotopic (exact) mass is 255 g/mol. The third-order valence-electron chi connectivity index (χ3n) is 2.71. The fourth-order valence-corrected chi connectivity index (χ4v) is 1.94. The summed E-state index contributed by atoms with van der Waals surface area (Å²) in [4.78, 5) is 13.1. The summed E-state index contributed by atoms with van der Waals surface area (Å²) in [6, 6.07) is 3.69. The molecule has 1 aliphatic heterocycles. The minimum absolute atomic E-state index is 0.0373. The van der Waals surface area contributed by atoms with Gasteiger partial charge in [-0.1, -0.05) is 0 Å². The quantitative estimate of drug-likeness (QED) is 0.759. The Morgan fingerprint density at radius 1 is 1.35 bits per heavy atom. The fraction of sp³-hybridized carbons (Fsp3) is 0.417. The summed E-state index contributed by atoms with van der Waals surface area (Å²) in [7, 11) is 1.70. The van der Waals surface area contributed by atoms with Crippen molar-refractivity contribution in [3.63, 3.8) is 0 Å². The summed E-state index contributed by atoms with van der Waals surface area (Å²) in [6.45, 7) is 3.01. The molecule has 0 fully saturated rings. The van der Waals surface area contributed by atoms with Gasteiger partial charge in [0.15, 0.2) is 11.5 Å². The Labute approximate surface area is 105 Å². The van der Waals surface area contributed by atoms with Crippen LogP contribution in [0.5, 0.6) is 11.5 Å². The molecule has 0 saturated heterocycles. The summed E-state index contributed by atoms with van der Waals surface area (Å²) in [5, 5.41) is 0. The molecule has 0 radical (unpaired) electrons. The minimum atomic E-state index is -0.147. The molecule has 0 unspecified atom stereocenters. The summed E-state index contributed by atoms with van der Waals surface area (Å²) >= 11 is 5.55. The first-order valence-electron chi connectivity index (χ1n) is 5.36. The molecule has 1 aromatic rings. The van der Waals surface area contributed by atoms with Crippen LogP contribution in [0.2, 0.25) is 0 Å². The van der Waals surface area contributed by atoms with Crippen molar-refractivity contribution in [2.24, 2.45) is 0 Å². The smallest absolute Gasteiger partial charge is 0.241 e. The summed E-state index contributed by atoms with van der Waals surface area (Å²) in [5.41, 5.74) is 1.75. The molecule has 1 aromatic carbocycles. The van der Waals surface area contributed by atoms with Crippen molar-refractivity contribution < 1.29 is 14.3 Å². The second kappa shape index (κ2) is 4.84. The Bertz CT molecular complexity index is 448. The van der Waals surface area contributed by atoms with Crippen LogP contribution in [0.4, 0.5) is 5.69 Å². The van der Waals surface area contributed by atoms with E-state index in [1.807, 2.05) is 19.1 Å². The Morgan fingerprint density at radius 3 is 2.53 bits per heavy atom. The second-order valence-electron chi connectivity index (χ2n) is 3.87. The van der Waals surface area contributed by atoms with Gasteiger partial charge in [-0.15, -0.1) is 11.6 Å². The zero-order chi connectivity index (χ0) is 12.4. The van der Waals surface area contributed by atoms with E-state index >= 15 is 0 Å². The number of hydrogen-bond acceptors (Lipinski definition) is 3. The van der Waals surface area contributed by atoms with Gasteiger partial charge in [0.05, 0.1) is 5.69 Å². The Balaban J connectivity index is 2.37. The highest BCUT2D eigenvalue weighted by molar-refractivity contribution is 6.29. The van der Waals surface area contributed by atoms with Crippen molar-refractivity contribution in [3.8, 4) is 11.5 Å². The van der Waals surface area contributed by atoms with Crippen LogP contribution in [-0.2, 0) is 4.79 Å². The van der Waals surface area contributed by atoms with Gasteiger partial charge < -0.3 is 14.4 Å². The predicted octanol–water partition coefficient (Wildman–Crippen LogP) is 1.97. The number of fused-ring (bicyclic) bond motifs is 1. The topological polar surface area (TPSA) is 38.8 Å². The highest BCUT2D eigenvalue weighted by atomic mass is 35.5.